The van der Waals surface area contributed by atoms with E-state index in [1.807, 2.05) is 24.3 Å². The van der Waals surface area contributed by atoms with E-state index < -0.39 is 0 Å². The first kappa shape index (κ1) is 14.4. The highest BCUT2D eigenvalue weighted by atomic mass is 35.5. The van der Waals surface area contributed by atoms with Crippen molar-refractivity contribution in [1.29, 1.82) is 0 Å². The van der Waals surface area contributed by atoms with Crippen molar-refractivity contribution in [1.82, 2.24) is 5.32 Å². The normalized spacial score (nSPS) is 23.7. The Bertz CT molecular complexity index is 436. The van der Waals surface area contributed by atoms with E-state index in [1.165, 1.54) is 6.42 Å². The minimum atomic E-state index is -0.0401. The summed E-state index contributed by atoms with van der Waals surface area (Å²) in [6.45, 7) is 0.516. The molecule has 0 radical (unpaired) electrons. The van der Waals surface area contributed by atoms with E-state index in [0.717, 1.165) is 31.2 Å². The molecule has 2 rings (SSSR count). The van der Waals surface area contributed by atoms with Gasteiger partial charge in [-0.05, 0) is 30.5 Å². The molecule has 3 N–H and O–H groups in total. The smallest absolute Gasteiger partial charge is 0.224 e. The monoisotopic (exact) mass is 280 g/mol. The van der Waals surface area contributed by atoms with Gasteiger partial charge < -0.3 is 11.1 Å². The van der Waals surface area contributed by atoms with Crippen molar-refractivity contribution in [3.8, 4) is 0 Å². The molecule has 0 aliphatic heterocycles. The van der Waals surface area contributed by atoms with Crippen molar-refractivity contribution in [2.45, 2.75) is 44.7 Å². The summed E-state index contributed by atoms with van der Waals surface area (Å²) in [6, 6.07) is 7.55. The molecule has 2 atom stereocenters. The average Bonchev–Trinajstić information content (AvgIpc) is 2.61. The Morgan fingerprint density at radius 2 is 2.11 bits per heavy atom. The third-order valence-corrected chi connectivity index (χ3v) is 4.00. The molecule has 104 valence electrons. The predicted molar refractivity (Wildman–Crippen MR) is 77.8 cm³/mol. The standard InChI is InChI=1S/C15H21ClN2O/c16-12-6-4-5-11(9-12)10-18-15(19)13-7-2-1-3-8-14(13)17/h4-6,9,13-14H,1-3,7-8,10,17H2,(H,18,19). The third kappa shape index (κ3) is 4.22. The van der Waals surface area contributed by atoms with Crippen LogP contribution >= 0.6 is 11.6 Å². The Morgan fingerprint density at radius 3 is 2.89 bits per heavy atom. The topological polar surface area (TPSA) is 55.1 Å². The van der Waals surface area contributed by atoms with Gasteiger partial charge in [0.15, 0.2) is 0 Å². The van der Waals surface area contributed by atoms with Crippen molar-refractivity contribution < 1.29 is 4.79 Å². The van der Waals surface area contributed by atoms with E-state index in [-0.39, 0.29) is 17.9 Å². The number of hydrogen-bond acceptors (Lipinski definition) is 2. The van der Waals surface area contributed by atoms with Crippen LogP contribution in [0.1, 0.15) is 37.7 Å². The maximum absolute atomic E-state index is 12.2. The third-order valence-electron chi connectivity index (χ3n) is 3.76. The summed E-state index contributed by atoms with van der Waals surface area (Å²) in [4.78, 5) is 12.2. The Labute approximate surface area is 119 Å². The lowest BCUT2D eigenvalue weighted by molar-refractivity contribution is -0.126. The second kappa shape index (κ2) is 6.92. The molecule has 4 heteroatoms. The number of hydrogen-bond donors (Lipinski definition) is 2. The zero-order chi connectivity index (χ0) is 13.7. The van der Waals surface area contributed by atoms with Crippen LogP contribution in [0.25, 0.3) is 0 Å². The minimum Gasteiger partial charge on any atom is -0.352 e. The molecule has 0 bridgehead atoms. The fourth-order valence-corrected chi connectivity index (χ4v) is 2.84. The first-order valence-electron chi connectivity index (χ1n) is 6.94. The fourth-order valence-electron chi connectivity index (χ4n) is 2.63. The fraction of sp³-hybridized carbons (Fsp3) is 0.533. The highest BCUT2D eigenvalue weighted by molar-refractivity contribution is 6.30. The Balaban J connectivity index is 1.89. The van der Waals surface area contributed by atoms with Gasteiger partial charge in [0.25, 0.3) is 0 Å². The lowest BCUT2D eigenvalue weighted by Gasteiger charge is -2.20. The summed E-state index contributed by atoms with van der Waals surface area (Å²) in [7, 11) is 0. The molecule has 1 aliphatic carbocycles. The van der Waals surface area contributed by atoms with Gasteiger partial charge >= 0.3 is 0 Å². The zero-order valence-corrected chi connectivity index (χ0v) is 11.8. The maximum Gasteiger partial charge on any atom is 0.224 e. The summed E-state index contributed by atoms with van der Waals surface area (Å²) >= 11 is 5.92. The molecule has 2 unspecified atom stereocenters. The maximum atomic E-state index is 12.2. The lowest BCUT2D eigenvalue weighted by Crippen LogP contribution is -2.41. The van der Waals surface area contributed by atoms with E-state index >= 15 is 0 Å². The molecular weight excluding hydrogens is 260 g/mol. The van der Waals surface area contributed by atoms with Crippen LogP contribution in [-0.4, -0.2) is 11.9 Å². The quantitative estimate of drug-likeness (QED) is 0.837. The van der Waals surface area contributed by atoms with Crippen molar-refractivity contribution in [2.24, 2.45) is 11.7 Å². The van der Waals surface area contributed by atoms with Crippen molar-refractivity contribution in [2.75, 3.05) is 0 Å². The zero-order valence-electron chi connectivity index (χ0n) is 11.1. The summed E-state index contributed by atoms with van der Waals surface area (Å²) in [5.41, 5.74) is 7.11. The van der Waals surface area contributed by atoms with Crippen LogP contribution in [-0.2, 0) is 11.3 Å². The number of carbonyl (C=O) groups excluding carboxylic acids is 1. The van der Waals surface area contributed by atoms with Gasteiger partial charge in [-0.15, -0.1) is 0 Å². The SMILES string of the molecule is NC1CCCCCC1C(=O)NCc1cccc(Cl)c1. The molecule has 3 nitrogen and oxygen atoms in total. The molecule has 0 heterocycles. The molecular formula is C15H21ClN2O. The molecule has 1 aliphatic rings. The van der Waals surface area contributed by atoms with E-state index in [1.54, 1.807) is 0 Å². The highest BCUT2D eigenvalue weighted by Gasteiger charge is 2.26. The van der Waals surface area contributed by atoms with Crippen LogP contribution in [0.4, 0.5) is 0 Å². The van der Waals surface area contributed by atoms with Gasteiger partial charge in [-0.2, -0.15) is 0 Å². The van der Waals surface area contributed by atoms with Crippen molar-refractivity contribution in [3.63, 3.8) is 0 Å². The number of benzene rings is 1. The second-order valence-corrected chi connectivity index (χ2v) is 5.69. The van der Waals surface area contributed by atoms with E-state index in [2.05, 4.69) is 5.32 Å². The van der Waals surface area contributed by atoms with Crippen LogP contribution in [0.5, 0.6) is 0 Å². The molecule has 1 amide bonds. The van der Waals surface area contributed by atoms with E-state index in [0.29, 0.717) is 11.6 Å². The van der Waals surface area contributed by atoms with Crippen LogP contribution in [0.2, 0.25) is 5.02 Å². The largest absolute Gasteiger partial charge is 0.352 e. The molecule has 19 heavy (non-hydrogen) atoms. The van der Waals surface area contributed by atoms with Gasteiger partial charge in [0.05, 0.1) is 5.92 Å². The number of nitrogens with two attached hydrogens (primary N) is 1. The average molecular weight is 281 g/mol. The lowest BCUT2D eigenvalue weighted by atomic mass is 9.94. The van der Waals surface area contributed by atoms with Gasteiger partial charge in [0.2, 0.25) is 5.91 Å². The number of rotatable bonds is 3. The van der Waals surface area contributed by atoms with E-state index in [4.69, 9.17) is 17.3 Å². The van der Waals surface area contributed by atoms with Crippen LogP contribution in [0, 0.1) is 5.92 Å². The molecule has 0 saturated heterocycles. The molecule has 1 aromatic carbocycles. The van der Waals surface area contributed by atoms with Crippen LogP contribution < -0.4 is 11.1 Å². The predicted octanol–water partition coefficient (Wildman–Crippen LogP) is 2.86. The van der Waals surface area contributed by atoms with Crippen LogP contribution in [0.3, 0.4) is 0 Å². The first-order chi connectivity index (χ1) is 9.16. The van der Waals surface area contributed by atoms with E-state index in [9.17, 15) is 4.79 Å². The van der Waals surface area contributed by atoms with Crippen LogP contribution in [0.15, 0.2) is 24.3 Å². The number of carbonyl (C=O) groups is 1. The summed E-state index contributed by atoms with van der Waals surface area (Å²) < 4.78 is 0. The summed E-state index contributed by atoms with van der Waals surface area (Å²) in [5.74, 6) is 0.0380. The second-order valence-electron chi connectivity index (χ2n) is 5.26. The van der Waals surface area contributed by atoms with Crippen molar-refractivity contribution >= 4 is 17.5 Å². The van der Waals surface area contributed by atoms with Gasteiger partial charge in [-0.25, -0.2) is 0 Å². The van der Waals surface area contributed by atoms with Crippen molar-refractivity contribution in [3.05, 3.63) is 34.9 Å². The molecule has 1 saturated carbocycles. The number of amides is 1. The molecule has 0 spiro atoms. The minimum absolute atomic E-state index is 0.00172. The van der Waals surface area contributed by atoms with Gasteiger partial charge in [-0.1, -0.05) is 43.0 Å². The van der Waals surface area contributed by atoms with Gasteiger partial charge in [0.1, 0.15) is 0 Å². The number of nitrogens with one attached hydrogen (secondary N) is 1. The first-order valence-corrected chi connectivity index (χ1v) is 7.32. The Hall–Kier alpha value is -1.06. The molecule has 0 aromatic heterocycles. The molecule has 1 fully saturated rings. The number of halogens is 1. The Morgan fingerprint density at radius 1 is 1.32 bits per heavy atom. The summed E-state index contributed by atoms with van der Waals surface area (Å²) in [6.07, 6.45) is 5.28. The highest BCUT2D eigenvalue weighted by Crippen LogP contribution is 2.22. The summed E-state index contributed by atoms with van der Waals surface area (Å²) in [5, 5.41) is 3.67. The van der Waals surface area contributed by atoms with Gasteiger partial charge in [-0.3, -0.25) is 4.79 Å². The molecule has 1 aromatic rings. The van der Waals surface area contributed by atoms with Gasteiger partial charge in [0, 0.05) is 17.6 Å². The Kier molecular flexibility index (Phi) is 5.23.